The lowest BCUT2D eigenvalue weighted by molar-refractivity contribution is -0.0500. The molecule has 0 amide bonds. The Labute approximate surface area is 77.1 Å². The number of hydrogen-bond donors (Lipinski definition) is 0. The van der Waals surface area contributed by atoms with E-state index < -0.39 is 6.61 Å². The summed E-state index contributed by atoms with van der Waals surface area (Å²) in [5.74, 6) is -0.184. The first kappa shape index (κ1) is 9.48. The highest BCUT2D eigenvalue weighted by molar-refractivity contribution is 6.33. The Morgan fingerprint density at radius 3 is 2.50 bits per heavy atom. The molecule has 1 aromatic heterocycles. The Morgan fingerprint density at radius 1 is 1.33 bits per heavy atom. The summed E-state index contributed by atoms with van der Waals surface area (Å²) in [5, 5.41) is -0.0515. The molecule has 0 saturated heterocycles. The molecule has 0 fully saturated rings. The molecule has 0 aliphatic rings. The molecule has 2 nitrogen and oxygen atoms in total. The second-order valence-corrected chi connectivity index (χ2v) is 2.55. The van der Waals surface area contributed by atoms with Crippen LogP contribution in [0.15, 0.2) is 12.1 Å². The SMILES string of the molecule is FC(F)Oc1ccc(Cl)nc1Cl. The van der Waals surface area contributed by atoms with Gasteiger partial charge in [-0.15, -0.1) is 0 Å². The maximum absolute atomic E-state index is 11.7. The van der Waals surface area contributed by atoms with Crippen LogP contribution in [0.3, 0.4) is 0 Å². The zero-order valence-corrected chi connectivity index (χ0v) is 7.11. The van der Waals surface area contributed by atoms with Gasteiger partial charge in [-0.2, -0.15) is 8.78 Å². The predicted molar refractivity (Wildman–Crippen MR) is 40.9 cm³/mol. The van der Waals surface area contributed by atoms with E-state index in [1.807, 2.05) is 0 Å². The third kappa shape index (κ3) is 2.46. The van der Waals surface area contributed by atoms with Crippen molar-refractivity contribution in [3.8, 4) is 5.75 Å². The summed E-state index contributed by atoms with van der Waals surface area (Å²) in [4.78, 5) is 3.50. The molecule has 0 unspecified atom stereocenters. The highest BCUT2D eigenvalue weighted by Crippen LogP contribution is 2.25. The third-order valence-corrected chi connectivity index (χ3v) is 1.48. The highest BCUT2D eigenvalue weighted by Gasteiger charge is 2.09. The molecule has 1 aromatic rings. The maximum atomic E-state index is 11.7. The second-order valence-electron chi connectivity index (χ2n) is 1.80. The average Bonchev–Trinajstić information content (AvgIpc) is 1.94. The average molecular weight is 214 g/mol. The van der Waals surface area contributed by atoms with Gasteiger partial charge >= 0.3 is 6.61 Å². The second kappa shape index (κ2) is 3.87. The van der Waals surface area contributed by atoms with E-state index in [-0.39, 0.29) is 16.1 Å². The summed E-state index contributed by atoms with van der Waals surface area (Å²) in [6.07, 6.45) is 0. The zero-order chi connectivity index (χ0) is 9.14. The van der Waals surface area contributed by atoms with Gasteiger partial charge in [-0.25, -0.2) is 4.98 Å². The van der Waals surface area contributed by atoms with Crippen LogP contribution in [0, 0.1) is 0 Å². The lowest BCUT2D eigenvalue weighted by Crippen LogP contribution is -2.02. The van der Waals surface area contributed by atoms with E-state index in [9.17, 15) is 8.78 Å². The molecular weight excluding hydrogens is 211 g/mol. The summed E-state index contributed by atoms with van der Waals surface area (Å²) in [6.45, 7) is -2.91. The summed E-state index contributed by atoms with van der Waals surface area (Å²) in [7, 11) is 0. The quantitative estimate of drug-likeness (QED) is 0.706. The summed E-state index contributed by atoms with van der Waals surface area (Å²) >= 11 is 10.8. The number of hydrogen-bond acceptors (Lipinski definition) is 2. The summed E-state index contributed by atoms with van der Waals surface area (Å²) < 4.78 is 27.3. The van der Waals surface area contributed by atoms with Crippen LogP contribution in [-0.2, 0) is 0 Å². The molecule has 0 radical (unpaired) electrons. The molecule has 0 bridgehead atoms. The van der Waals surface area contributed by atoms with Gasteiger partial charge in [0.1, 0.15) is 5.15 Å². The molecule has 1 heterocycles. The van der Waals surface area contributed by atoms with Crippen LogP contribution < -0.4 is 4.74 Å². The molecule has 0 aliphatic heterocycles. The number of aromatic nitrogens is 1. The van der Waals surface area contributed by atoms with Crippen molar-refractivity contribution in [2.45, 2.75) is 6.61 Å². The first-order valence-corrected chi connectivity index (χ1v) is 3.62. The highest BCUT2D eigenvalue weighted by atomic mass is 35.5. The van der Waals surface area contributed by atoms with Gasteiger partial charge in [-0.1, -0.05) is 23.2 Å². The fourth-order valence-corrected chi connectivity index (χ4v) is 0.973. The Morgan fingerprint density at radius 2 is 2.00 bits per heavy atom. The molecule has 0 aromatic carbocycles. The van der Waals surface area contributed by atoms with E-state index in [0.29, 0.717) is 0 Å². The van der Waals surface area contributed by atoms with Crippen LogP contribution in [0.25, 0.3) is 0 Å². The fourth-order valence-electron chi connectivity index (χ4n) is 0.583. The minimum Gasteiger partial charge on any atom is -0.432 e. The number of nitrogens with zero attached hydrogens (tertiary/aromatic N) is 1. The number of pyridine rings is 1. The van der Waals surface area contributed by atoms with Crippen LogP contribution in [0.4, 0.5) is 8.78 Å². The van der Waals surface area contributed by atoms with Gasteiger partial charge in [0.15, 0.2) is 10.9 Å². The van der Waals surface area contributed by atoms with Crippen molar-refractivity contribution in [2.24, 2.45) is 0 Å². The van der Waals surface area contributed by atoms with E-state index in [0.717, 1.165) is 0 Å². The van der Waals surface area contributed by atoms with Crippen molar-refractivity contribution >= 4 is 23.2 Å². The zero-order valence-electron chi connectivity index (χ0n) is 5.60. The van der Waals surface area contributed by atoms with Gasteiger partial charge in [0, 0.05) is 0 Å². The summed E-state index contributed by atoms with van der Waals surface area (Å²) in [5.41, 5.74) is 0. The van der Waals surface area contributed by atoms with E-state index in [4.69, 9.17) is 23.2 Å². The van der Waals surface area contributed by atoms with Crippen LogP contribution in [0.5, 0.6) is 5.75 Å². The van der Waals surface area contributed by atoms with Crippen molar-refractivity contribution < 1.29 is 13.5 Å². The molecule has 0 N–H and O–H groups in total. The number of ether oxygens (including phenoxy) is 1. The van der Waals surface area contributed by atoms with Crippen molar-refractivity contribution in [3.05, 3.63) is 22.4 Å². The molecule has 1 rings (SSSR count). The van der Waals surface area contributed by atoms with Crippen molar-refractivity contribution in [1.29, 1.82) is 0 Å². The Kier molecular flexibility index (Phi) is 3.05. The lowest BCUT2D eigenvalue weighted by atomic mass is 10.5. The Bertz CT molecular complexity index is 282. The summed E-state index contributed by atoms with van der Waals surface area (Å²) in [6, 6.07) is 2.54. The molecular formula is C6H3Cl2F2NO. The normalized spacial score (nSPS) is 10.4. The Balaban J connectivity index is 2.86. The van der Waals surface area contributed by atoms with Crippen LogP contribution in [-0.4, -0.2) is 11.6 Å². The van der Waals surface area contributed by atoms with Gasteiger partial charge in [0.25, 0.3) is 0 Å². The lowest BCUT2D eigenvalue weighted by Gasteiger charge is -2.04. The van der Waals surface area contributed by atoms with Gasteiger partial charge < -0.3 is 4.74 Å². The molecule has 0 spiro atoms. The van der Waals surface area contributed by atoms with E-state index in [1.54, 1.807) is 0 Å². The van der Waals surface area contributed by atoms with Crippen molar-refractivity contribution in [3.63, 3.8) is 0 Å². The van der Waals surface area contributed by atoms with E-state index >= 15 is 0 Å². The smallest absolute Gasteiger partial charge is 0.387 e. The molecule has 0 aliphatic carbocycles. The van der Waals surface area contributed by atoms with Gasteiger partial charge in [0.2, 0.25) is 0 Å². The molecule has 6 heteroatoms. The molecule has 0 atom stereocenters. The van der Waals surface area contributed by atoms with E-state index in [1.165, 1.54) is 12.1 Å². The third-order valence-electron chi connectivity index (χ3n) is 0.997. The predicted octanol–water partition coefficient (Wildman–Crippen LogP) is 2.99. The van der Waals surface area contributed by atoms with E-state index in [2.05, 4.69) is 9.72 Å². The van der Waals surface area contributed by atoms with Crippen LogP contribution in [0.1, 0.15) is 0 Å². The largest absolute Gasteiger partial charge is 0.432 e. The molecule has 0 saturated carbocycles. The number of rotatable bonds is 2. The first-order valence-electron chi connectivity index (χ1n) is 2.86. The van der Waals surface area contributed by atoms with Gasteiger partial charge in [-0.05, 0) is 12.1 Å². The van der Waals surface area contributed by atoms with Crippen molar-refractivity contribution in [2.75, 3.05) is 0 Å². The molecule has 12 heavy (non-hydrogen) atoms. The first-order chi connectivity index (χ1) is 5.59. The standard InChI is InChI=1S/C6H3Cl2F2NO/c7-4-2-1-3(5(8)11-4)12-6(9)10/h1-2,6H. The van der Waals surface area contributed by atoms with Gasteiger partial charge in [0.05, 0.1) is 0 Å². The number of halogens is 4. The van der Waals surface area contributed by atoms with Gasteiger partial charge in [-0.3, -0.25) is 0 Å². The van der Waals surface area contributed by atoms with Crippen LogP contribution in [0.2, 0.25) is 10.3 Å². The Hall–Kier alpha value is -0.610. The topological polar surface area (TPSA) is 22.1 Å². The minimum absolute atomic E-state index is 0.126. The van der Waals surface area contributed by atoms with Crippen molar-refractivity contribution in [1.82, 2.24) is 4.98 Å². The molecule has 66 valence electrons. The fraction of sp³-hybridized carbons (Fsp3) is 0.167. The monoisotopic (exact) mass is 213 g/mol. The number of alkyl halides is 2. The minimum atomic E-state index is -2.91. The van der Waals surface area contributed by atoms with Crippen LogP contribution >= 0.6 is 23.2 Å². The maximum Gasteiger partial charge on any atom is 0.387 e.